The fourth-order valence-electron chi connectivity index (χ4n) is 0.754. The Kier molecular flexibility index (Phi) is 6.18. The first-order valence-electron chi connectivity index (χ1n) is 3.66. The van der Waals surface area contributed by atoms with Crippen molar-refractivity contribution in [2.75, 3.05) is 6.61 Å². The minimum Gasteiger partial charge on any atom is -0.359 e. The van der Waals surface area contributed by atoms with Crippen LogP contribution in [0.25, 0.3) is 0 Å². The number of carbonyl (C=O) groups excluding carboxylic acids is 1. The molecule has 0 radical (unpaired) electrons. The van der Waals surface area contributed by atoms with Gasteiger partial charge in [0.15, 0.2) is 0 Å². The van der Waals surface area contributed by atoms with Crippen LogP contribution in [0.15, 0.2) is 0 Å². The lowest BCUT2D eigenvalue weighted by Crippen LogP contribution is -2.30. The SMILES string of the molecule is CCCC(NC=O)OCC. The molecule has 0 spiro atoms. The van der Waals surface area contributed by atoms with Gasteiger partial charge < -0.3 is 10.1 Å². The number of ether oxygens (including phenoxy) is 1. The van der Waals surface area contributed by atoms with Crippen molar-refractivity contribution in [1.82, 2.24) is 5.32 Å². The molecule has 3 nitrogen and oxygen atoms in total. The summed E-state index contributed by atoms with van der Waals surface area (Å²) >= 11 is 0. The highest BCUT2D eigenvalue weighted by Crippen LogP contribution is 1.96. The smallest absolute Gasteiger partial charge is 0.209 e. The first-order chi connectivity index (χ1) is 4.85. The van der Waals surface area contributed by atoms with Crippen LogP contribution < -0.4 is 5.32 Å². The third kappa shape index (κ3) is 4.32. The fourth-order valence-corrected chi connectivity index (χ4v) is 0.754. The molecule has 1 N–H and O–H groups in total. The number of nitrogens with one attached hydrogen (secondary N) is 1. The molecule has 0 aliphatic carbocycles. The Morgan fingerprint density at radius 3 is 2.70 bits per heavy atom. The molecule has 1 amide bonds. The van der Waals surface area contributed by atoms with E-state index in [1.54, 1.807) is 0 Å². The highest BCUT2D eigenvalue weighted by molar-refractivity contribution is 5.46. The van der Waals surface area contributed by atoms with E-state index in [-0.39, 0.29) is 6.23 Å². The van der Waals surface area contributed by atoms with Gasteiger partial charge in [0.2, 0.25) is 6.41 Å². The molecule has 0 aromatic heterocycles. The van der Waals surface area contributed by atoms with Crippen LogP contribution in [-0.2, 0) is 9.53 Å². The van der Waals surface area contributed by atoms with Crippen LogP contribution in [0.1, 0.15) is 26.7 Å². The molecule has 0 aliphatic heterocycles. The molecule has 0 saturated carbocycles. The molecular formula is C7H15NO2. The molecule has 0 bridgehead atoms. The maximum Gasteiger partial charge on any atom is 0.209 e. The second kappa shape index (κ2) is 6.55. The number of rotatable bonds is 6. The molecule has 0 aromatic carbocycles. The highest BCUT2D eigenvalue weighted by Gasteiger charge is 2.02. The molecule has 60 valence electrons. The first-order valence-corrected chi connectivity index (χ1v) is 3.66. The van der Waals surface area contributed by atoms with Crippen LogP contribution in [0, 0.1) is 0 Å². The summed E-state index contributed by atoms with van der Waals surface area (Å²) in [6.07, 6.45) is 2.49. The predicted molar refractivity (Wildman–Crippen MR) is 39.5 cm³/mol. The molecule has 0 saturated heterocycles. The van der Waals surface area contributed by atoms with Crippen molar-refractivity contribution in [3.05, 3.63) is 0 Å². The Morgan fingerprint density at radius 1 is 1.60 bits per heavy atom. The monoisotopic (exact) mass is 145 g/mol. The summed E-state index contributed by atoms with van der Waals surface area (Å²) in [6.45, 7) is 4.61. The summed E-state index contributed by atoms with van der Waals surface area (Å²) in [4.78, 5) is 9.97. The van der Waals surface area contributed by atoms with E-state index in [9.17, 15) is 4.79 Å². The summed E-state index contributed by atoms with van der Waals surface area (Å²) in [7, 11) is 0. The van der Waals surface area contributed by atoms with Gasteiger partial charge >= 0.3 is 0 Å². The Morgan fingerprint density at radius 2 is 2.30 bits per heavy atom. The zero-order valence-electron chi connectivity index (χ0n) is 6.59. The molecule has 0 heterocycles. The molecule has 1 atom stereocenters. The standard InChI is InChI=1S/C7H15NO2/c1-3-5-7(8-6-9)10-4-2/h6-7H,3-5H2,1-2H3,(H,8,9). The summed E-state index contributed by atoms with van der Waals surface area (Å²) in [5.74, 6) is 0. The molecule has 0 aromatic rings. The molecule has 10 heavy (non-hydrogen) atoms. The van der Waals surface area contributed by atoms with E-state index in [0.717, 1.165) is 12.8 Å². The molecule has 0 fully saturated rings. The number of hydrogen-bond acceptors (Lipinski definition) is 2. The zero-order chi connectivity index (χ0) is 7.82. The minimum absolute atomic E-state index is 0.0903. The number of hydrogen-bond donors (Lipinski definition) is 1. The van der Waals surface area contributed by atoms with Gasteiger partial charge in [0.25, 0.3) is 0 Å². The van der Waals surface area contributed by atoms with Gasteiger partial charge in [-0.2, -0.15) is 0 Å². The quantitative estimate of drug-likeness (QED) is 0.445. The summed E-state index contributed by atoms with van der Waals surface area (Å²) in [5, 5.41) is 2.58. The lowest BCUT2D eigenvalue weighted by Gasteiger charge is -2.13. The minimum atomic E-state index is -0.0903. The van der Waals surface area contributed by atoms with Gasteiger partial charge in [-0.25, -0.2) is 0 Å². The summed E-state index contributed by atoms with van der Waals surface area (Å²) < 4.78 is 5.18. The van der Waals surface area contributed by atoms with Gasteiger partial charge in [-0.05, 0) is 13.3 Å². The number of carbonyl (C=O) groups is 1. The van der Waals surface area contributed by atoms with Gasteiger partial charge in [0, 0.05) is 6.61 Å². The van der Waals surface area contributed by atoms with Crippen LogP contribution in [0.5, 0.6) is 0 Å². The van der Waals surface area contributed by atoms with E-state index in [4.69, 9.17) is 4.74 Å². The second-order valence-electron chi connectivity index (χ2n) is 2.02. The normalized spacial score (nSPS) is 12.6. The molecule has 0 rings (SSSR count). The Hall–Kier alpha value is -0.570. The first kappa shape index (κ1) is 9.43. The maximum atomic E-state index is 9.97. The van der Waals surface area contributed by atoms with Gasteiger partial charge in [-0.1, -0.05) is 13.3 Å². The Balaban J connectivity index is 3.38. The molecular weight excluding hydrogens is 130 g/mol. The van der Waals surface area contributed by atoms with Crippen molar-refractivity contribution < 1.29 is 9.53 Å². The maximum absolute atomic E-state index is 9.97. The van der Waals surface area contributed by atoms with Crippen LogP contribution in [0.3, 0.4) is 0 Å². The van der Waals surface area contributed by atoms with Crippen molar-refractivity contribution in [2.24, 2.45) is 0 Å². The summed E-state index contributed by atoms with van der Waals surface area (Å²) in [5.41, 5.74) is 0. The van der Waals surface area contributed by atoms with Crippen molar-refractivity contribution in [2.45, 2.75) is 32.9 Å². The topological polar surface area (TPSA) is 38.3 Å². The molecule has 1 unspecified atom stereocenters. The average Bonchev–Trinajstić information content (AvgIpc) is 1.90. The van der Waals surface area contributed by atoms with E-state index >= 15 is 0 Å². The van der Waals surface area contributed by atoms with Crippen LogP contribution in [-0.4, -0.2) is 19.2 Å². The van der Waals surface area contributed by atoms with Crippen molar-refractivity contribution in [3.63, 3.8) is 0 Å². The number of amides is 1. The zero-order valence-corrected chi connectivity index (χ0v) is 6.59. The largest absolute Gasteiger partial charge is 0.359 e. The van der Waals surface area contributed by atoms with E-state index in [1.165, 1.54) is 0 Å². The van der Waals surface area contributed by atoms with Crippen LogP contribution in [0.2, 0.25) is 0 Å². The Bertz CT molecular complexity index is 79.7. The van der Waals surface area contributed by atoms with Gasteiger partial charge in [0.1, 0.15) is 6.23 Å². The molecule has 0 aliphatic rings. The van der Waals surface area contributed by atoms with E-state index < -0.39 is 0 Å². The third-order valence-electron chi connectivity index (χ3n) is 1.17. The van der Waals surface area contributed by atoms with E-state index in [0.29, 0.717) is 13.0 Å². The highest BCUT2D eigenvalue weighted by atomic mass is 16.5. The molecule has 3 heteroatoms. The Labute approximate surface area is 61.8 Å². The lowest BCUT2D eigenvalue weighted by atomic mass is 10.3. The van der Waals surface area contributed by atoms with Crippen molar-refractivity contribution in [1.29, 1.82) is 0 Å². The summed E-state index contributed by atoms with van der Waals surface area (Å²) in [6, 6.07) is 0. The van der Waals surface area contributed by atoms with Gasteiger partial charge in [-0.3, -0.25) is 4.79 Å². The average molecular weight is 145 g/mol. The van der Waals surface area contributed by atoms with Gasteiger partial charge in [0.05, 0.1) is 0 Å². The van der Waals surface area contributed by atoms with E-state index in [1.807, 2.05) is 6.92 Å². The van der Waals surface area contributed by atoms with Crippen LogP contribution in [0.4, 0.5) is 0 Å². The van der Waals surface area contributed by atoms with Crippen LogP contribution >= 0.6 is 0 Å². The van der Waals surface area contributed by atoms with E-state index in [2.05, 4.69) is 12.2 Å². The third-order valence-corrected chi connectivity index (χ3v) is 1.17. The van der Waals surface area contributed by atoms with Crippen molar-refractivity contribution >= 4 is 6.41 Å². The lowest BCUT2D eigenvalue weighted by molar-refractivity contribution is -0.113. The second-order valence-corrected chi connectivity index (χ2v) is 2.02. The van der Waals surface area contributed by atoms with Gasteiger partial charge in [-0.15, -0.1) is 0 Å². The fraction of sp³-hybridized carbons (Fsp3) is 0.857. The van der Waals surface area contributed by atoms with Crippen molar-refractivity contribution in [3.8, 4) is 0 Å². The predicted octanol–water partition coefficient (Wildman–Crippen LogP) is 0.895.